The van der Waals surface area contributed by atoms with Crippen molar-refractivity contribution in [1.29, 1.82) is 0 Å². The van der Waals surface area contributed by atoms with E-state index >= 15 is 0 Å². The number of nitrogens with two attached hydrogens (primary N) is 1. The summed E-state index contributed by atoms with van der Waals surface area (Å²) in [5.41, 5.74) is 7.48. The van der Waals surface area contributed by atoms with E-state index in [9.17, 15) is 9.18 Å². The third kappa shape index (κ3) is 5.57. The van der Waals surface area contributed by atoms with Crippen LogP contribution in [0.5, 0.6) is 5.75 Å². The van der Waals surface area contributed by atoms with Crippen molar-refractivity contribution in [3.63, 3.8) is 0 Å². The Morgan fingerprint density at radius 2 is 1.97 bits per heavy atom. The van der Waals surface area contributed by atoms with E-state index in [-0.39, 0.29) is 24.1 Å². The van der Waals surface area contributed by atoms with Gasteiger partial charge in [0, 0.05) is 44.0 Å². The summed E-state index contributed by atoms with van der Waals surface area (Å²) < 4.78 is 38.7. The molecule has 38 heavy (non-hydrogen) atoms. The topological polar surface area (TPSA) is 134 Å². The van der Waals surface area contributed by atoms with Crippen molar-refractivity contribution in [2.75, 3.05) is 50.2 Å². The molecule has 5 heterocycles. The first-order valence-electron chi connectivity index (χ1n) is 12.4. The number of nitrogens with one attached hydrogen (secondary N) is 2. The van der Waals surface area contributed by atoms with Gasteiger partial charge in [-0.25, -0.2) is 13.9 Å². The molecule has 13 heteroatoms. The number of aromatic nitrogens is 3. The Kier molecular flexibility index (Phi) is 8.29. The minimum absolute atomic E-state index is 0.162. The van der Waals surface area contributed by atoms with Gasteiger partial charge in [-0.05, 0) is 24.6 Å². The number of nitrogens with zero attached hydrogens (tertiary/aromatic N) is 3. The molecule has 3 fully saturated rings. The fourth-order valence-electron chi connectivity index (χ4n) is 4.74. The second-order valence-electron chi connectivity index (χ2n) is 9.09. The number of anilines is 2. The number of benzene rings is 1. The van der Waals surface area contributed by atoms with E-state index in [0.29, 0.717) is 41.4 Å². The van der Waals surface area contributed by atoms with Crippen LogP contribution < -0.4 is 21.1 Å². The number of halogens is 1. The lowest BCUT2D eigenvalue weighted by atomic mass is 10.1. The van der Waals surface area contributed by atoms with Crippen molar-refractivity contribution in [3.8, 4) is 5.75 Å². The fraction of sp³-hybridized carbons (Fsp3) is 0.480. The van der Waals surface area contributed by atoms with Gasteiger partial charge in [0.2, 0.25) is 0 Å². The molecule has 6 rings (SSSR count). The normalized spacial score (nSPS) is 24.5. The molecule has 0 spiro atoms. The number of aryl methyl sites for hydroxylation is 1. The molecule has 2 aromatic heterocycles. The lowest BCUT2D eigenvalue weighted by Crippen LogP contribution is -2.35. The van der Waals surface area contributed by atoms with Gasteiger partial charge in [0.1, 0.15) is 41.7 Å². The van der Waals surface area contributed by atoms with Gasteiger partial charge in [0.25, 0.3) is 5.91 Å². The van der Waals surface area contributed by atoms with Gasteiger partial charge in [-0.2, -0.15) is 16.9 Å². The number of carbonyl (C=O) groups excluding carboxylic acids is 1. The van der Waals surface area contributed by atoms with Crippen LogP contribution >= 0.6 is 11.8 Å². The molecule has 11 nitrogen and oxygen atoms in total. The maximum atomic E-state index is 14.1. The minimum Gasteiger partial charge on any atom is -0.483 e. The Morgan fingerprint density at radius 3 is 2.63 bits per heavy atom. The number of carbonyl (C=O) groups is 1. The van der Waals surface area contributed by atoms with Gasteiger partial charge < -0.3 is 35.3 Å². The molecule has 1 amide bonds. The molecule has 0 aliphatic carbocycles. The number of fused-ring (bicyclic) bond motifs is 2. The number of hydrogen-bond donors (Lipinski definition) is 3. The van der Waals surface area contributed by atoms with E-state index in [1.807, 2.05) is 11.8 Å². The zero-order valence-electron chi connectivity index (χ0n) is 21.2. The van der Waals surface area contributed by atoms with Crippen LogP contribution in [0.4, 0.5) is 15.9 Å². The van der Waals surface area contributed by atoms with Gasteiger partial charge in [-0.15, -0.1) is 0 Å². The second-order valence-corrected chi connectivity index (χ2v) is 10.3. The summed E-state index contributed by atoms with van der Waals surface area (Å²) in [7, 11) is 1.61. The van der Waals surface area contributed by atoms with Crippen LogP contribution in [0, 0.1) is 12.7 Å². The van der Waals surface area contributed by atoms with Gasteiger partial charge in [0.05, 0.1) is 24.5 Å². The lowest BCUT2D eigenvalue weighted by Gasteiger charge is -2.20. The first kappa shape index (κ1) is 26.6. The molecule has 3 saturated heterocycles. The highest BCUT2D eigenvalue weighted by Gasteiger charge is 2.49. The van der Waals surface area contributed by atoms with E-state index < -0.39 is 17.8 Å². The van der Waals surface area contributed by atoms with Crippen molar-refractivity contribution in [2.45, 2.75) is 31.3 Å². The minimum atomic E-state index is -0.563. The monoisotopic (exact) mass is 546 g/mol. The average Bonchev–Trinajstić information content (AvgIpc) is 3.62. The predicted octanol–water partition coefficient (Wildman–Crippen LogP) is 1.90. The summed E-state index contributed by atoms with van der Waals surface area (Å²) in [6, 6.07) is 4.16. The van der Waals surface area contributed by atoms with Crippen LogP contribution in [0.3, 0.4) is 0 Å². The molecule has 3 aromatic rings. The largest absolute Gasteiger partial charge is 0.483 e. The van der Waals surface area contributed by atoms with E-state index in [1.54, 1.807) is 26.3 Å². The third-order valence-corrected chi connectivity index (χ3v) is 7.66. The number of amides is 1. The number of methoxy groups -OCH3 is 1. The summed E-state index contributed by atoms with van der Waals surface area (Å²) in [4.78, 5) is 16.0. The number of ether oxygens (including phenoxy) is 4. The molecule has 3 aliphatic rings. The zero-order chi connectivity index (χ0) is 26.6. The molecular weight excluding hydrogens is 515 g/mol. The summed E-state index contributed by atoms with van der Waals surface area (Å²) in [6.45, 7) is 4.89. The number of thioether (sulfide) groups is 1. The standard InChI is InChI=1S/C21H22FN5O5.C4H9NS/c1-10-12(20(23)28)6-27-17(10)21(24-9-25-27)26-13-4-3-11(22)5-14(13)32-16-8-31-18-15(29-2)7-30-19(16)18;1-3-6-4-2-5-1/h3-6,9,15-16,18-19H,7-8H2,1-2H3,(H2,23,28)(H,24,25,26);5H,1-4H2/t15?,16?,18-,19-;/m1./s1. The smallest absolute Gasteiger partial charge is 0.250 e. The van der Waals surface area contributed by atoms with Crippen LogP contribution in [0.15, 0.2) is 30.7 Å². The van der Waals surface area contributed by atoms with Crippen LogP contribution in [0.1, 0.15) is 15.9 Å². The van der Waals surface area contributed by atoms with Crippen LogP contribution in [0.25, 0.3) is 5.52 Å². The SMILES string of the molecule is C1CSCCN1.COC1CO[C@@H]2C(Oc3cc(F)ccc3Nc3ncnn4cc(C(N)=O)c(C)c34)CO[C@H]12. The Morgan fingerprint density at radius 1 is 1.24 bits per heavy atom. The Labute approximate surface area is 223 Å². The second kappa shape index (κ2) is 11.8. The average molecular weight is 547 g/mol. The highest BCUT2D eigenvalue weighted by molar-refractivity contribution is 7.99. The van der Waals surface area contributed by atoms with E-state index in [4.69, 9.17) is 24.7 Å². The van der Waals surface area contributed by atoms with Crippen LogP contribution in [-0.2, 0) is 14.2 Å². The van der Waals surface area contributed by atoms with Gasteiger partial charge in [-0.1, -0.05) is 0 Å². The molecule has 4 atom stereocenters. The van der Waals surface area contributed by atoms with Crippen LogP contribution in [-0.4, -0.2) is 89.8 Å². The molecule has 2 unspecified atom stereocenters. The Bertz CT molecular complexity index is 1280. The lowest BCUT2D eigenvalue weighted by molar-refractivity contribution is -0.0138. The summed E-state index contributed by atoms with van der Waals surface area (Å²) in [5, 5.41) is 10.6. The van der Waals surface area contributed by atoms with Crippen molar-refractivity contribution in [1.82, 2.24) is 19.9 Å². The van der Waals surface area contributed by atoms with Gasteiger partial charge >= 0.3 is 0 Å². The Balaban J connectivity index is 0.000000433. The molecule has 3 aliphatic heterocycles. The van der Waals surface area contributed by atoms with Gasteiger partial charge in [-0.3, -0.25) is 4.79 Å². The third-order valence-electron chi connectivity index (χ3n) is 6.68. The fourth-order valence-corrected chi connectivity index (χ4v) is 5.52. The number of primary amides is 1. The van der Waals surface area contributed by atoms with Crippen molar-refractivity contribution >= 4 is 34.7 Å². The quantitative estimate of drug-likeness (QED) is 0.421. The summed E-state index contributed by atoms with van der Waals surface area (Å²) >= 11 is 2.03. The highest BCUT2D eigenvalue weighted by atomic mass is 32.2. The molecule has 0 bridgehead atoms. The molecule has 0 radical (unpaired) electrons. The molecule has 0 saturated carbocycles. The first-order valence-corrected chi connectivity index (χ1v) is 13.5. The van der Waals surface area contributed by atoms with E-state index in [2.05, 4.69) is 20.7 Å². The van der Waals surface area contributed by atoms with E-state index in [1.165, 1.54) is 47.6 Å². The number of hydrogen-bond acceptors (Lipinski definition) is 10. The van der Waals surface area contributed by atoms with Crippen molar-refractivity contribution in [3.05, 3.63) is 47.7 Å². The number of rotatable bonds is 6. The molecule has 4 N–H and O–H groups in total. The molecular formula is C25H31FN6O5S. The van der Waals surface area contributed by atoms with Crippen LogP contribution in [0.2, 0.25) is 0 Å². The predicted molar refractivity (Wildman–Crippen MR) is 141 cm³/mol. The summed E-state index contributed by atoms with van der Waals surface area (Å²) in [6.07, 6.45) is 1.76. The molecule has 1 aromatic carbocycles. The summed E-state index contributed by atoms with van der Waals surface area (Å²) in [5.74, 6) is 2.29. The zero-order valence-corrected chi connectivity index (χ0v) is 22.0. The van der Waals surface area contributed by atoms with Crippen molar-refractivity contribution in [2.24, 2.45) is 5.73 Å². The highest BCUT2D eigenvalue weighted by Crippen LogP contribution is 2.36. The Hall–Kier alpha value is -2.97. The molecule has 204 valence electrons. The van der Waals surface area contributed by atoms with E-state index in [0.717, 1.165) is 0 Å². The first-order chi connectivity index (χ1) is 18.5. The van der Waals surface area contributed by atoms with Crippen molar-refractivity contribution < 1.29 is 28.1 Å². The van der Waals surface area contributed by atoms with Gasteiger partial charge in [0.15, 0.2) is 11.9 Å². The maximum absolute atomic E-state index is 14.1. The maximum Gasteiger partial charge on any atom is 0.250 e.